The minimum atomic E-state index is -0.500. The second-order valence-corrected chi connectivity index (χ2v) is 4.10. The first-order valence-corrected chi connectivity index (χ1v) is 5.60. The highest BCUT2D eigenvalue weighted by Crippen LogP contribution is 2.21. The number of aryl methyl sites for hydroxylation is 1. The monoisotopic (exact) mass is 255 g/mol. The van der Waals surface area contributed by atoms with Crippen molar-refractivity contribution >= 4 is 17.4 Å². The maximum Gasteiger partial charge on any atom is 0.417 e. The molecule has 0 aliphatic heterocycles. The number of oxazole rings is 1. The lowest BCUT2D eigenvalue weighted by Gasteiger charge is -2.02. The van der Waals surface area contributed by atoms with Crippen LogP contribution in [0.1, 0.15) is 16.3 Å². The van der Waals surface area contributed by atoms with Crippen molar-refractivity contribution in [2.75, 3.05) is 0 Å². The van der Waals surface area contributed by atoms with E-state index in [4.69, 9.17) is 4.42 Å². The first kappa shape index (κ1) is 11.3. The molecule has 0 amide bonds. The Balaban J connectivity index is 2.20. The van der Waals surface area contributed by atoms with E-state index in [-0.39, 0.29) is 5.82 Å². The van der Waals surface area contributed by atoms with E-state index in [1.807, 2.05) is 0 Å². The third kappa shape index (κ3) is 2.03. The molecule has 0 atom stereocenters. The molecule has 3 aromatic rings. The molecule has 2 aromatic heterocycles. The Morgan fingerprint density at radius 3 is 2.89 bits per heavy atom. The number of nitrogens with one attached hydrogen (secondary N) is 1. The van der Waals surface area contributed by atoms with Crippen molar-refractivity contribution in [3.63, 3.8) is 0 Å². The van der Waals surface area contributed by atoms with Gasteiger partial charge in [-0.15, -0.1) is 0 Å². The second-order valence-electron chi connectivity index (χ2n) is 4.10. The molecule has 0 bridgehead atoms. The number of H-pyrrole nitrogens is 1. The van der Waals surface area contributed by atoms with Crippen LogP contribution in [0.25, 0.3) is 22.4 Å². The van der Waals surface area contributed by atoms with E-state index < -0.39 is 5.76 Å². The Morgan fingerprint density at radius 2 is 2.11 bits per heavy atom. The van der Waals surface area contributed by atoms with E-state index >= 15 is 0 Å². The van der Waals surface area contributed by atoms with Crippen molar-refractivity contribution in [2.24, 2.45) is 0 Å². The summed E-state index contributed by atoms with van der Waals surface area (Å²) in [5.41, 5.74) is 3.17. The van der Waals surface area contributed by atoms with Gasteiger partial charge in [-0.1, -0.05) is 0 Å². The standard InChI is InChI=1S/C13H9N3O3/c1-7-4-9(15-12(6-17)14-7)8-2-3-11-10(5-8)16-13(18)19-11/h2-6H,1H3,(H,16,18). The summed E-state index contributed by atoms with van der Waals surface area (Å²) in [5.74, 6) is -0.365. The molecule has 0 aliphatic carbocycles. The lowest BCUT2D eigenvalue weighted by molar-refractivity contribution is 0.111. The molecule has 3 rings (SSSR count). The molecule has 0 saturated carbocycles. The molecule has 1 aromatic carbocycles. The van der Waals surface area contributed by atoms with Crippen molar-refractivity contribution in [2.45, 2.75) is 6.92 Å². The normalized spacial score (nSPS) is 10.8. The SMILES string of the molecule is Cc1cc(-c2ccc3oc(=O)[nH]c3c2)nc(C=O)n1. The molecular formula is C13H9N3O3. The maximum absolute atomic E-state index is 11.1. The Hall–Kier alpha value is -2.76. The van der Waals surface area contributed by atoms with Gasteiger partial charge in [0, 0.05) is 11.3 Å². The summed E-state index contributed by atoms with van der Waals surface area (Å²) in [7, 11) is 0. The Bertz CT molecular complexity index is 833. The molecule has 0 fully saturated rings. The van der Waals surface area contributed by atoms with Gasteiger partial charge < -0.3 is 4.42 Å². The fraction of sp³-hybridized carbons (Fsp3) is 0.0769. The van der Waals surface area contributed by atoms with Crippen LogP contribution in [0.5, 0.6) is 0 Å². The van der Waals surface area contributed by atoms with E-state index in [1.54, 1.807) is 31.2 Å². The van der Waals surface area contributed by atoms with Gasteiger partial charge in [0.15, 0.2) is 17.7 Å². The highest BCUT2D eigenvalue weighted by Gasteiger charge is 2.07. The van der Waals surface area contributed by atoms with Crippen LogP contribution in [0.15, 0.2) is 33.5 Å². The van der Waals surface area contributed by atoms with Crippen LogP contribution in [0.2, 0.25) is 0 Å². The zero-order valence-electron chi connectivity index (χ0n) is 10.0. The lowest BCUT2D eigenvalue weighted by Crippen LogP contribution is -1.97. The fourth-order valence-electron chi connectivity index (χ4n) is 1.90. The maximum atomic E-state index is 11.1. The number of benzene rings is 1. The zero-order valence-corrected chi connectivity index (χ0v) is 10.0. The Morgan fingerprint density at radius 1 is 1.26 bits per heavy atom. The molecule has 0 aliphatic rings. The van der Waals surface area contributed by atoms with Gasteiger partial charge in [-0.3, -0.25) is 9.78 Å². The molecule has 0 radical (unpaired) electrons. The molecule has 1 N–H and O–H groups in total. The summed E-state index contributed by atoms with van der Waals surface area (Å²) in [6.45, 7) is 1.79. The molecule has 6 heteroatoms. The Labute approximate surface area is 107 Å². The molecule has 6 nitrogen and oxygen atoms in total. The van der Waals surface area contributed by atoms with Gasteiger partial charge in [0.1, 0.15) is 0 Å². The minimum Gasteiger partial charge on any atom is -0.408 e. The van der Waals surface area contributed by atoms with Crippen molar-refractivity contribution in [1.29, 1.82) is 0 Å². The number of aromatic amines is 1. The van der Waals surface area contributed by atoms with Crippen molar-refractivity contribution in [1.82, 2.24) is 15.0 Å². The second kappa shape index (κ2) is 4.16. The molecule has 0 spiro atoms. The number of rotatable bonds is 2. The van der Waals surface area contributed by atoms with Crippen LogP contribution in [-0.2, 0) is 0 Å². The van der Waals surface area contributed by atoms with E-state index in [0.29, 0.717) is 28.8 Å². The summed E-state index contributed by atoms with van der Waals surface area (Å²) in [6, 6.07) is 6.97. The first-order chi connectivity index (χ1) is 9.15. The average Bonchev–Trinajstić information content (AvgIpc) is 2.76. The van der Waals surface area contributed by atoms with Gasteiger partial charge in [0.05, 0.1) is 11.2 Å². The van der Waals surface area contributed by atoms with Crippen LogP contribution in [0, 0.1) is 6.92 Å². The number of hydrogen-bond donors (Lipinski definition) is 1. The first-order valence-electron chi connectivity index (χ1n) is 5.60. The molecular weight excluding hydrogens is 246 g/mol. The van der Waals surface area contributed by atoms with Crippen molar-refractivity contribution < 1.29 is 9.21 Å². The zero-order chi connectivity index (χ0) is 13.4. The minimum absolute atomic E-state index is 0.135. The number of hydrogen-bond acceptors (Lipinski definition) is 5. The van der Waals surface area contributed by atoms with Gasteiger partial charge in [-0.25, -0.2) is 14.8 Å². The average molecular weight is 255 g/mol. The van der Waals surface area contributed by atoms with Crippen LogP contribution < -0.4 is 5.76 Å². The molecule has 2 heterocycles. The highest BCUT2D eigenvalue weighted by molar-refractivity contribution is 5.79. The van der Waals surface area contributed by atoms with Crippen LogP contribution in [0.4, 0.5) is 0 Å². The smallest absolute Gasteiger partial charge is 0.408 e. The predicted octanol–water partition coefficient (Wildman–Crippen LogP) is 1.70. The highest BCUT2D eigenvalue weighted by atomic mass is 16.4. The quantitative estimate of drug-likeness (QED) is 0.704. The molecule has 19 heavy (non-hydrogen) atoms. The number of nitrogens with zero attached hydrogens (tertiary/aromatic N) is 2. The summed E-state index contributed by atoms with van der Waals surface area (Å²) < 4.78 is 4.93. The fourth-order valence-corrected chi connectivity index (χ4v) is 1.90. The summed E-state index contributed by atoms with van der Waals surface area (Å²) in [4.78, 5) is 32.6. The van der Waals surface area contributed by atoms with E-state index in [1.165, 1.54) is 0 Å². The Kier molecular flexibility index (Phi) is 2.49. The van der Waals surface area contributed by atoms with Gasteiger partial charge in [-0.05, 0) is 31.2 Å². The topological polar surface area (TPSA) is 88.9 Å². The molecule has 94 valence electrons. The van der Waals surface area contributed by atoms with E-state index in [0.717, 1.165) is 5.56 Å². The number of aldehydes is 1. The summed E-state index contributed by atoms with van der Waals surface area (Å²) in [6.07, 6.45) is 0.606. The number of aromatic nitrogens is 3. The van der Waals surface area contributed by atoms with Crippen molar-refractivity contribution in [3.05, 3.63) is 46.3 Å². The summed E-state index contributed by atoms with van der Waals surface area (Å²) >= 11 is 0. The lowest BCUT2D eigenvalue weighted by atomic mass is 10.1. The predicted molar refractivity (Wildman–Crippen MR) is 68.0 cm³/mol. The largest absolute Gasteiger partial charge is 0.417 e. The van der Waals surface area contributed by atoms with Crippen LogP contribution >= 0.6 is 0 Å². The molecule has 0 saturated heterocycles. The number of carbonyl (C=O) groups is 1. The number of fused-ring (bicyclic) bond motifs is 1. The third-order valence-corrected chi connectivity index (χ3v) is 2.69. The van der Waals surface area contributed by atoms with Crippen LogP contribution in [0.3, 0.4) is 0 Å². The van der Waals surface area contributed by atoms with E-state index in [9.17, 15) is 9.59 Å². The molecule has 0 unspecified atom stereocenters. The van der Waals surface area contributed by atoms with Gasteiger partial charge >= 0.3 is 5.76 Å². The number of carbonyl (C=O) groups excluding carboxylic acids is 1. The van der Waals surface area contributed by atoms with Crippen molar-refractivity contribution in [3.8, 4) is 11.3 Å². The third-order valence-electron chi connectivity index (χ3n) is 2.69. The van der Waals surface area contributed by atoms with Gasteiger partial charge in [0.25, 0.3) is 0 Å². The van der Waals surface area contributed by atoms with E-state index in [2.05, 4.69) is 15.0 Å². The summed E-state index contributed by atoms with van der Waals surface area (Å²) in [5, 5.41) is 0. The van der Waals surface area contributed by atoms with Gasteiger partial charge in [0.2, 0.25) is 0 Å². The van der Waals surface area contributed by atoms with Gasteiger partial charge in [-0.2, -0.15) is 0 Å². The van der Waals surface area contributed by atoms with Crippen LogP contribution in [-0.4, -0.2) is 21.2 Å².